The number of sulfonamides is 1. The first-order valence-electron chi connectivity index (χ1n) is 9.08. The van der Waals surface area contributed by atoms with Crippen molar-refractivity contribution in [2.45, 2.75) is 63.8 Å². The summed E-state index contributed by atoms with van der Waals surface area (Å²) in [7, 11) is -3.53. The summed E-state index contributed by atoms with van der Waals surface area (Å²) in [6.07, 6.45) is 3.19. The molecule has 136 valence electrons. The minimum absolute atomic E-state index is 0.269. The molecule has 0 aliphatic heterocycles. The van der Waals surface area contributed by atoms with Crippen LogP contribution in [0.4, 0.5) is 0 Å². The van der Waals surface area contributed by atoms with E-state index in [-0.39, 0.29) is 6.04 Å². The van der Waals surface area contributed by atoms with Gasteiger partial charge in [0.1, 0.15) is 0 Å². The summed E-state index contributed by atoms with van der Waals surface area (Å²) < 4.78 is 28.0. The van der Waals surface area contributed by atoms with Crippen molar-refractivity contribution in [3.8, 4) is 0 Å². The minimum Gasteiger partial charge on any atom is -0.207 e. The summed E-state index contributed by atoms with van der Waals surface area (Å²) in [5, 5.41) is 0. The third-order valence-electron chi connectivity index (χ3n) is 4.72. The minimum atomic E-state index is -3.53. The van der Waals surface area contributed by atoms with Crippen LogP contribution in [-0.2, 0) is 16.4 Å². The highest BCUT2D eigenvalue weighted by atomic mass is 32.2. The van der Waals surface area contributed by atoms with Crippen LogP contribution in [0.1, 0.15) is 69.2 Å². The summed E-state index contributed by atoms with van der Waals surface area (Å²) in [4.78, 5) is 0.314. The molecule has 0 heterocycles. The van der Waals surface area contributed by atoms with Gasteiger partial charge in [0.05, 0.1) is 4.90 Å². The van der Waals surface area contributed by atoms with Crippen LogP contribution >= 0.6 is 0 Å². The van der Waals surface area contributed by atoms with Crippen molar-refractivity contribution >= 4 is 10.0 Å². The molecule has 0 amide bonds. The number of rotatable bonds is 8. The Morgan fingerprint density at radius 2 is 1.44 bits per heavy atom. The first kappa shape index (κ1) is 19.7. The Hall–Kier alpha value is -1.65. The number of benzene rings is 2. The Kier molecular flexibility index (Phi) is 6.79. The summed E-state index contributed by atoms with van der Waals surface area (Å²) in [5.41, 5.74) is 3.42. The Morgan fingerprint density at radius 3 is 1.96 bits per heavy atom. The van der Waals surface area contributed by atoms with Gasteiger partial charge in [-0.3, -0.25) is 0 Å². The fraction of sp³-hybridized carbons (Fsp3) is 0.429. The lowest BCUT2D eigenvalue weighted by atomic mass is 9.99. The maximum absolute atomic E-state index is 12.6. The monoisotopic (exact) mass is 359 g/mol. The van der Waals surface area contributed by atoms with Gasteiger partial charge in [-0.15, -0.1) is 0 Å². The predicted molar refractivity (Wildman–Crippen MR) is 104 cm³/mol. The Balaban J connectivity index is 2.11. The number of aryl methyl sites for hydroxylation is 1. The molecule has 4 heteroatoms. The van der Waals surface area contributed by atoms with E-state index in [4.69, 9.17) is 0 Å². The van der Waals surface area contributed by atoms with Gasteiger partial charge in [-0.1, -0.05) is 63.6 Å². The molecule has 0 bridgehead atoms. The third-order valence-corrected chi connectivity index (χ3v) is 6.28. The fourth-order valence-corrected chi connectivity index (χ4v) is 4.07. The first-order chi connectivity index (χ1) is 11.9. The first-order valence-corrected chi connectivity index (χ1v) is 10.6. The second kappa shape index (κ2) is 8.63. The van der Waals surface area contributed by atoms with Crippen LogP contribution in [0.15, 0.2) is 53.4 Å². The van der Waals surface area contributed by atoms with E-state index in [0.29, 0.717) is 10.8 Å². The zero-order valence-electron chi connectivity index (χ0n) is 15.6. The molecule has 0 saturated heterocycles. The van der Waals surface area contributed by atoms with E-state index in [1.165, 1.54) is 11.1 Å². The molecule has 0 radical (unpaired) electrons. The summed E-state index contributed by atoms with van der Waals surface area (Å²) >= 11 is 0. The van der Waals surface area contributed by atoms with Crippen LogP contribution in [0.25, 0.3) is 0 Å². The van der Waals surface area contributed by atoms with Crippen molar-refractivity contribution in [1.29, 1.82) is 0 Å². The Labute approximate surface area is 152 Å². The Morgan fingerprint density at radius 1 is 0.880 bits per heavy atom. The van der Waals surface area contributed by atoms with Gasteiger partial charge < -0.3 is 0 Å². The van der Waals surface area contributed by atoms with Crippen LogP contribution in [0.5, 0.6) is 0 Å². The molecule has 0 saturated carbocycles. The number of hydrogen-bond donors (Lipinski definition) is 1. The zero-order valence-corrected chi connectivity index (χ0v) is 16.4. The number of nitrogens with one attached hydrogen (secondary N) is 1. The van der Waals surface area contributed by atoms with Crippen molar-refractivity contribution < 1.29 is 8.42 Å². The molecule has 25 heavy (non-hydrogen) atoms. The average molecular weight is 360 g/mol. The van der Waals surface area contributed by atoms with Crippen molar-refractivity contribution in [3.05, 3.63) is 65.2 Å². The molecule has 2 aromatic rings. The van der Waals surface area contributed by atoms with Crippen molar-refractivity contribution in [2.24, 2.45) is 0 Å². The highest BCUT2D eigenvalue weighted by molar-refractivity contribution is 7.89. The predicted octanol–water partition coefficient (Wildman–Crippen LogP) is 5.19. The largest absolute Gasteiger partial charge is 0.241 e. The van der Waals surface area contributed by atoms with Crippen molar-refractivity contribution in [2.75, 3.05) is 0 Å². The van der Waals surface area contributed by atoms with Crippen LogP contribution in [0.2, 0.25) is 0 Å². The molecule has 0 aliphatic rings. The van der Waals surface area contributed by atoms with Crippen LogP contribution in [0.3, 0.4) is 0 Å². The van der Waals surface area contributed by atoms with Gasteiger partial charge in [0.15, 0.2) is 0 Å². The van der Waals surface area contributed by atoms with Crippen LogP contribution < -0.4 is 4.72 Å². The second-order valence-corrected chi connectivity index (χ2v) is 8.43. The molecule has 2 rings (SSSR count). The van der Waals surface area contributed by atoms with Crippen molar-refractivity contribution in [1.82, 2.24) is 4.72 Å². The van der Waals surface area contributed by atoms with E-state index in [2.05, 4.69) is 37.6 Å². The molecule has 3 nitrogen and oxygen atoms in total. The van der Waals surface area contributed by atoms with Crippen LogP contribution in [-0.4, -0.2) is 8.42 Å². The normalized spacial score (nSPS) is 14.2. The SMILES string of the molecule is CCCc1ccc(C(C)NS(=O)(=O)c2ccc(C(C)CC)cc2)cc1. The molecule has 0 spiro atoms. The number of hydrogen-bond acceptors (Lipinski definition) is 2. The van der Waals surface area contributed by atoms with E-state index in [1.54, 1.807) is 12.1 Å². The van der Waals surface area contributed by atoms with Gasteiger partial charge in [0.2, 0.25) is 10.0 Å². The van der Waals surface area contributed by atoms with Gasteiger partial charge in [0.25, 0.3) is 0 Å². The van der Waals surface area contributed by atoms with Gasteiger partial charge in [-0.2, -0.15) is 0 Å². The molecule has 1 N–H and O–H groups in total. The summed E-state index contributed by atoms with van der Waals surface area (Å²) in [6.45, 7) is 8.30. The van der Waals surface area contributed by atoms with Crippen molar-refractivity contribution in [3.63, 3.8) is 0 Å². The molecular formula is C21H29NO2S. The third kappa shape index (κ3) is 5.16. The molecule has 2 atom stereocenters. The lowest BCUT2D eigenvalue weighted by molar-refractivity contribution is 0.567. The van der Waals surface area contributed by atoms with Gasteiger partial charge in [0, 0.05) is 6.04 Å². The lowest BCUT2D eigenvalue weighted by Gasteiger charge is -2.16. The molecule has 0 aliphatic carbocycles. The van der Waals surface area contributed by atoms with E-state index in [0.717, 1.165) is 24.8 Å². The van der Waals surface area contributed by atoms with Gasteiger partial charge in [-0.05, 0) is 54.5 Å². The van der Waals surface area contributed by atoms with E-state index in [9.17, 15) is 8.42 Å². The fourth-order valence-electron chi connectivity index (χ4n) is 2.84. The molecular weight excluding hydrogens is 330 g/mol. The molecule has 0 fully saturated rings. The highest BCUT2D eigenvalue weighted by Gasteiger charge is 2.18. The van der Waals surface area contributed by atoms with E-state index in [1.807, 2.05) is 31.2 Å². The quantitative estimate of drug-likeness (QED) is 0.705. The maximum Gasteiger partial charge on any atom is 0.241 e. The lowest BCUT2D eigenvalue weighted by Crippen LogP contribution is -2.26. The Bertz CT molecular complexity index is 765. The average Bonchev–Trinajstić information content (AvgIpc) is 2.61. The molecule has 0 aromatic heterocycles. The summed E-state index contributed by atoms with van der Waals surface area (Å²) in [5.74, 6) is 0.435. The molecule has 2 unspecified atom stereocenters. The maximum atomic E-state index is 12.6. The summed E-state index contributed by atoms with van der Waals surface area (Å²) in [6, 6.07) is 15.1. The topological polar surface area (TPSA) is 46.2 Å². The van der Waals surface area contributed by atoms with E-state index < -0.39 is 10.0 Å². The highest BCUT2D eigenvalue weighted by Crippen LogP contribution is 2.22. The standard InChI is InChI=1S/C21H29NO2S/c1-5-7-18-8-10-20(11-9-18)17(4)22-25(23,24)21-14-12-19(13-15-21)16(3)6-2/h8-17,22H,5-7H2,1-4H3. The smallest absolute Gasteiger partial charge is 0.207 e. The molecule has 2 aromatic carbocycles. The van der Waals surface area contributed by atoms with Gasteiger partial charge >= 0.3 is 0 Å². The van der Waals surface area contributed by atoms with Crippen LogP contribution in [0, 0.1) is 0 Å². The van der Waals surface area contributed by atoms with E-state index >= 15 is 0 Å². The van der Waals surface area contributed by atoms with Gasteiger partial charge in [-0.25, -0.2) is 13.1 Å². The second-order valence-electron chi connectivity index (χ2n) is 6.71. The zero-order chi connectivity index (χ0) is 18.4.